The number of ether oxygens (including phenoxy) is 3. The summed E-state index contributed by atoms with van der Waals surface area (Å²) in [6, 6.07) is 0. The summed E-state index contributed by atoms with van der Waals surface area (Å²) in [7, 11) is 0. The van der Waals surface area contributed by atoms with Crippen LogP contribution in [-0.2, 0) is 19.0 Å². The lowest BCUT2D eigenvalue weighted by Gasteiger charge is -2.42. The van der Waals surface area contributed by atoms with Crippen LogP contribution in [-0.4, -0.2) is 87.1 Å². The van der Waals surface area contributed by atoms with Crippen molar-refractivity contribution in [3.05, 3.63) is 23.3 Å². The Morgan fingerprint density at radius 2 is 1.83 bits per heavy atom. The van der Waals surface area contributed by atoms with Crippen LogP contribution in [0.3, 0.4) is 0 Å². The fourth-order valence-electron chi connectivity index (χ4n) is 4.34. The molecule has 2 fully saturated rings. The van der Waals surface area contributed by atoms with E-state index in [4.69, 9.17) is 14.2 Å². The van der Waals surface area contributed by atoms with Crippen LogP contribution in [0.5, 0.6) is 0 Å². The molecular formula is C21H32O9. The number of fused-ring (bicyclic) bond motifs is 1. The lowest BCUT2D eigenvalue weighted by molar-refractivity contribution is -0.315. The minimum Gasteiger partial charge on any atom is -0.457 e. The topological polar surface area (TPSA) is 146 Å². The van der Waals surface area contributed by atoms with E-state index < -0.39 is 67.5 Å². The molecule has 0 saturated carbocycles. The van der Waals surface area contributed by atoms with E-state index in [-0.39, 0.29) is 5.97 Å². The number of carbonyl (C=O) groups excluding carboxylic acids is 1. The Hall–Kier alpha value is -1.33. The molecule has 3 rings (SSSR count). The van der Waals surface area contributed by atoms with Gasteiger partial charge in [0.05, 0.1) is 24.7 Å². The molecule has 0 aromatic carbocycles. The molecule has 3 aliphatic rings. The van der Waals surface area contributed by atoms with Crippen molar-refractivity contribution in [3.63, 3.8) is 0 Å². The summed E-state index contributed by atoms with van der Waals surface area (Å²) < 4.78 is 17.1. The molecule has 2 aliphatic heterocycles. The van der Waals surface area contributed by atoms with E-state index in [0.29, 0.717) is 18.4 Å². The van der Waals surface area contributed by atoms with Crippen LogP contribution in [0.2, 0.25) is 0 Å². The second kappa shape index (κ2) is 9.44. The molecule has 2 heterocycles. The minimum atomic E-state index is -1.55. The Balaban J connectivity index is 1.91. The summed E-state index contributed by atoms with van der Waals surface area (Å²) in [4.78, 5) is 12.3. The van der Waals surface area contributed by atoms with E-state index in [1.54, 1.807) is 19.9 Å². The lowest BCUT2D eigenvalue weighted by Crippen LogP contribution is -2.60. The molecule has 10 atom stereocenters. The number of rotatable bonds is 3. The molecule has 0 amide bonds. The van der Waals surface area contributed by atoms with Gasteiger partial charge in [0.25, 0.3) is 0 Å². The minimum absolute atomic E-state index is 0.383. The van der Waals surface area contributed by atoms with Gasteiger partial charge < -0.3 is 39.7 Å². The maximum atomic E-state index is 12.3. The zero-order valence-corrected chi connectivity index (χ0v) is 17.4. The van der Waals surface area contributed by atoms with Crippen LogP contribution in [0, 0.1) is 11.8 Å². The summed E-state index contributed by atoms with van der Waals surface area (Å²) in [6.07, 6.45) is -4.46. The van der Waals surface area contributed by atoms with Crippen LogP contribution in [0.1, 0.15) is 33.6 Å². The summed E-state index contributed by atoms with van der Waals surface area (Å²) in [6.45, 7) is 4.84. The van der Waals surface area contributed by atoms with Crippen molar-refractivity contribution in [2.75, 3.05) is 6.61 Å². The number of carbonyl (C=O) groups is 1. The maximum Gasteiger partial charge on any atom is 0.309 e. The fourth-order valence-corrected chi connectivity index (χ4v) is 4.34. The van der Waals surface area contributed by atoms with E-state index in [1.807, 2.05) is 13.0 Å². The van der Waals surface area contributed by atoms with E-state index in [9.17, 15) is 30.3 Å². The van der Waals surface area contributed by atoms with Gasteiger partial charge in [0.2, 0.25) is 0 Å². The van der Waals surface area contributed by atoms with Crippen LogP contribution >= 0.6 is 0 Å². The Bertz CT molecular complexity index is 688. The highest BCUT2D eigenvalue weighted by molar-refractivity contribution is 5.75. The molecule has 0 spiro atoms. The fraction of sp³-hybridized carbons (Fsp3) is 0.762. The van der Waals surface area contributed by atoms with Crippen LogP contribution in [0.15, 0.2) is 23.3 Å². The first-order valence-electron chi connectivity index (χ1n) is 10.3. The number of esters is 1. The predicted molar refractivity (Wildman–Crippen MR) is 104 cm³/mol. The first-order chi connectivity index (χ1) is 14.1. The third kappa shape index (κ3) is 4.62. The van der Waals surface area contributed by atoms with Gasteiger partial charge in [-0.1, -0.05) is 18.6 Å². The molecular weight excluding hydrogens is 396 g/mol. The number of aliphatic hydroxyl groups excluding tert-OH is 5. The highest BCUT2D eigenvalue weighted by atomic mass is 16.7. The average Bonchev–Trinajstić information content (AvgIpc) is 2.98. The van der Waals surface area contributed by atoms with Crippen molar-refractivity contribution in [1.29, 1.82) is 0 Å². The lowest BCUT2D eigenvalue weighted by atomic mass is 9.82. The van der Waals surface area contributed by atoms with Gasteiger partial charge in [0, 0.05) is 5.92 Å². The number of aliphatic hydroxyl groups is 5. The zero-order chi connectivity index (χ0) is 22.2. The second-order valence-corrected chi connectivity index (χ2v) is 8.56. The van der Waals surface area contributed by atoms with Gasteiger partial charge in [-0.05, 0) is 38.3 Å². The Morgan fingerprint density at radius 3 is 2.50 bits per heavy atom. The van der Waals surface area contributed by atoms with Crippen LogP contribution < -0.4 is 0 Å². The van der Waals surface area contributed by atoms with Gasteiger partial charge in [-0.15, -0.1) is 0 Å². The highest BCUT2D eigenvalue weighted by Gasteiger charge is 2.50. The molecule has 1 aliphatic carbocycles. The molecule has 170 valence electrons. The van der Waals surface area contributed by atoms with Gasteiger partial charge in [0.1, 0.15) is 30.5 Å². The Labute approximate surface area is 175 Å². The molecule has 0 aromatic heterocycles. The standard InChI is InChI=1S/C21H32O9/c1-9-4-5-12(23)10(2)7-14-16(11(3)20(27)28-14)13(6-9)29-21-19(26)18(25)17(24)15(8-22)30-21/h4,7,11-19,21-26H,5-6,8H2,1-3H3/b9-4+,10-7+/t11-,12+,13-,14+,15+,16+,17+,18-,19+,21+/m0/s1. The zero-order valence-electron chi connectivity index (χ0n) is 17.4. The van der Waals surface area contributed by atoms with E-state index in [0.717, 1.165) is 5.57 Å². The van der Waals surface area contributed by atoms with Crippen molar-refractivity contribution in [2.24, 2.45) is 11.8 Å². The molecule has 9 nitrogen and oxygen atoms in total. The van der Waals surface area contributed by atoms with Gasteiger partial charge in [0.15, 0.2) is 6.29 Å². The molecule has 5 N–H and O–H groups in total. The number of hydrogen-bond acceptors (Lipinski definition) is 9. The van der Waals surface area contributed by atoms with Crippen molar-refractivity contribution >= 4 is 5.97 Å². The molecule has 0 radical (unpaired) electrons. The van der Waals surface area contributed by atoms with E-state index in [2.05, 4.69) is 0 Å². The third-order valence-electron chi connectivity index (χ3n) is 6.33. The van der Waals surface area contributed by atoms with Crippen molar-refractivity contribution in [2.45, 2.75) is 82.6 Å². The summed E-state index contributed by atoms with van der Waals surface area (Å²) in [5.41, 5.74) is 1.60. The van der Waals surface area contributed by atoms with Gasteiger partial charge in [-0.2, -0.15) is 0 Å². The average molecular weight is 428 g/mol. The highest BCUT2D eigenvalue weighted by Crippen LogP contribution is 2.38. The van der Waals surface area contributed by atoms with Gasteiger partial charge in [-0.25, -0.2) is 0 Å². The van der Waals surface area contributed by atoms with Gasteiger partial charge >= 0.3 is 5.97 Å². The first kappa shape index (κ1) is 23.3. The van der Waals surface area contributed by atoms with Gasteiger partial charge in [-0.3, -0.25) is 4.79 Å². The Kier molecular flexibility index (Phi) is 7.34. The largest absolute Gasteiger partial charge is 0.457 e. The second-order valence-electron chi connectivity index (χ2n) is 8.56. The molecule has 2 saturated heterocycles. The predicted octanol–water partition coefficient (Wildman–Crippen LogP) is -0.603. The normalized spacial score (nSPS) is 48.7. The van der Waals surface area contributed by atoms with E-state index in [1.165, 1.54) is 0 Å². The monoisotopic (exact) mass is 428 g/mol. The number of hydrogen-bond donors (Lipinski definition) is 5. The van der Waals surface area contributed by atoms with Crippen LogP contribution in [0.4, 0.5) is 0 Å². The summed E-state index contributed by atoms with van der Waals surface area (Å²) in [5.74, 6) is -1.31. The maximum absolute atomic E-state index is 12.3. The molecule has 0 aromatic rings. The van der Waals surface area contributed by atoms with E-state index >= 15 is 0 Å². The van der Waals surface area contributed by atoms with Crippen molar-refractivity contribution in [3.8, 4) is 0 Å². The molecule has 0 bridgehead atoms. The SMILES string of the molecule is C/C1=C\C[C@@H](O)/C(C)=C/[C@H]2OC(=O)[C@@H](C)[C@@H]2[C@@H](O[C@@H]2O[C@H](CO)[C@@H](O)[C@H](O)[C@H]2O)C1. The molecule has 30 heavy (non-hydrogen) atoms. The summed E-state index contributed by atoms with van der Waals surface area (Å²) >= 11 is 0. The quantitative estimate of drug-likeness (QED) is 0.294. The van der Waals surface area contributed by atoms with Crippen LogP contribution in [0.25, 0.3) is 0 Å². The Morgan fingerprint density at radius 1 is 1.13 bits per heavy atom. The molecule has 0 unspecified atom stereocenters. The molecule has 9 heteroatoms. The van der Waals surface area contributed by atoms with Crippen molar-refractivity contribution in [1.82, 2.24) is 0 Å². The smallest absolute Gasteiger partial charge is 0.309 e. The first-order valence-corrected chi connectivity index (χ1v) is 10.3. The summed E-state index contributed by atoms with van der Waals surface area (Å²) in [5, 5.41) is 50.2. The van der Waals surface area contributed by atoms with Crippen molar-refractivity contribution < 1.29 is 44.5 Å². The third-order valence-corrected chi connectivity index (χ3v) is 6.33.